The van der Waals surface area contributed by atoms with Gasteiger partial charge in [0.1, 0.15) is 0 Å². The van der Waals surface area contributed by atoms with E-state index in [1.807, 2.05) is 0 Å². The van der Waals surface area contributed by atoms with Crippen molar-refractivity contribution in [2.24, 2.45) is 5.92 Å². The zero-order valence-corrected chi connectivity index (χ0v) is 8.82. The second-order valence-corrected chi connectivity index (χ2v) is 4.45. The Labute approximate surface area is 76.4 Å². The van der Waals surface area contributed by atoms with Crippen molar-refractivity contribution in [1.82, 2.24) is 5.32 Å². The number of nitrogens with one attached hydrogen (secondary N) is 1. The fourth-order valence-corrected chi connectivity index (χ4v) is 0.956. The van der Waals surface area contributed by atoms with Gasteiger partial charge in [0.2, 0.25) is 0 Å². The molecule has 0 rings (SSSR count). The van der Waals surface area contributed by atoms with Crippen LogP contribution in [0.15, 0.2) is 0 Å². The third-order valence-corrected chi connectivity index (χ3v) is 1.90. The molecule has 1 nitrogen and oxygen atoms in total. The van der Waals surface area contributed by atoms with Crippen molar-refractivity contribution in [1.29, 1.82) is 0 Å². The van der Waals surface area contributed by atoms with E-state index in [0.29, 0.717) is 5.25 Å². The smallest absolute Gasteiger partial charge is 0.0000480 e. The van der Waals surface area contributed by atoms with Gasteiger partial charge in [0.05, 0.1) is 0 Å². The van der Waals surface area contributed by atoms with E-state index in [2.05, 4.69) is 38.7 Å². The highest BCUT2D eigenvalue weighted by Crippen LogP contribution is 1.98. The van der Waals surface area contributed by atoms with Gasteiger partial charge < -0.3 is 5.32 Å². The van der Waals surface area contributed by atoms with Gasteiger partial charge in [-0.2, -0.15) is 12.6 Å². The van der Waals surface area contributed by atoms with Crippen LogP contribution in [0.3, 0.4) is 0 Å². The largest absolute Gasteiger partial charge is 0.317 e. The molecule has 0 aromatic carbocycles. The minimum atomic E-state index is 0.529. The molecule has 1 unspecified atom stereocenters. The van der Waals surface area contributed by atoms with Crippen LogP contribution in [-0.4, -0.2) is 18.3 Å². The van der Waals surface area contributed by atoms with E-state index in [-0.39, 0.29) is 0 Å². The monoisotopic (exact) mass is 175 g/mol. The first kappa shape index (κ1) is 11.3. The fraction of sp³-hybridized carbons (Fsp3) is 1.00. The molecule has 11 heavy (non-hydrogen) atoms. The van der Waals surface area contributed by atoms with E-state index in [1.165, 1.54) is 12.8 Å². The molecule has 0 heterocycles. The van der Waals surface area contributed by atoms with Gasteiger partial charge >= 0.3 is 0 Å². The summed E-state index contributed by atoms with van der Waals surface area (Å²) in [5.41, 5.74) is 0. The molecule has 68 valence electrons. The lowest BCUT2D eigenvalue weighted by Crippen LogP contribution is -2.19. The Balaban J connectivity index is 2.91. The van der Waals surface area contributed by atoms with E-state index in [4.69, 9.17) is 0 Å². The van der Waals surface area contributed by atoms with Crippen LogP contribution in [0.4, 0.5) is 0 Å². The summed E-state index contributed by atoms with van der Waals surface area (Å²) in [7, 11) is 0. The molecule has 0 aromatic heterocycles. The van der Waals surface area contributed by atoms with Gasteiger partial charge in [0.25, 0.3) is 0 Å². The SMILES string of the molecule is CC(C)CCNCCC(C)S. The van der Waals surface area contributed by atoms with E-state index in [1.54, 1.807) is 0 Å². The zero-order chi connectivity index (χ0) is 8.69. The maximum absolute atomic E-state index is 4.30. The zero-order valence-electron chi connectivity index (χ0n) is 7.93. The van der Waals surface area contributed by atoms with Crippen LogP contribution in [0.1, 0.15) is 33.6 Å². The summed E-state index contributed by atoms with van der Waals surface area (Å²) in [4.78, 5) is 0. The summed E-state index contributed by atoms with van der Waals surface area (Å²) in [5, 5.41) is 3.93. The summed E-state index contributed by atoms with van der Waals surface area (Å²) in [6.07, 6.45) is 2.45. The highest BCUT2D eigenvalue weighted by Gasteiger charge is 1.95. The lowest BCUT2D eigenvalue weighted by atomic mass is 10.1. The minimum Gasteiger partial charge on any atom is -0.317 e. The van der Waals surface area contributed by atoms with E-state index in [0.717, 1.165) is 19.0 Å². The summed E-state index contributed by atoms with van der Waals surface area (Å²) in [6.45, 7) is 8.90. The van der Waals surface area contributed by atoms with Crippen LogP contribution in [0.5, 0.6) is 0 Å². The standard InChI is InChI=1S/C9H21NS/c1-8(2)4-6-10-7-5-9(3)11/h8-11H,4-7H2,1-3H3. The first-order chi connectivity index (χ1) is 5.13. The molecule has 1 N–H and O–H groups in total. The van der Waals surface area contributed by atoms with Crippen LogP contribution >= 0.6 is 12.6 Å². The normalized spacial score (nSPS) is 13.9. The summed E-state index contributed by atoms with van der Waals surface area (Å²) < 4.78 is 0. The molecule has 1 atom stereocenters. The summed E-state index contributed by atoms with van der Waals surface area (Å²) in [6, 6.07) is 0. The van der Waals surface area contributed by atoms with Crippen LogP contribution < -0.4 is 5.32 Å². The van der Waals surface area contributed by atoms with Crippen LogP contribution in [0.2, 0.25) is 0 Å². The predicted octanol–water partition coefficient (Wildman–Crippen LogP) is 2.33. The molecule has 0 aliphatic rings. The molecule has 0 saturated heterocycles. The van der Waals surface area contributed by atoms with Gasteiger partial charge in [-0.05, 0) is 31.8 Å². The Morgan fingerprint density at radius 1 is 1.09 bits per heavy atom. The lowest BCUT2D eigenvalue weighted by Gasteiger charge is -2.07. The first-order valence-electron chi connectivity index (χ1n) is 4.51. The number of hydrogen-bond acceptors (Lipinski definition) is 2. The molecular weight excluding hydrogens is 154 g/mol. The second kappa shape index (κ2) is 6.99. The van der Waals surface area contributed by atoms with Crippen molar-refractivity contribution in [3.05, 3.63) is 0 Å². The molecule has 0 aliphatic heterocycles. The average molecular weight is 175 g/mol. The molecule has 0 spiro atoms. The molecule has 0 amide bonds. The van der Waals surface area contributed by atoms with Gasteiger partial charge in [-0.15, -0.1) is 0 Å². The fourth-order valence-electron chi connectivity index (χ4n) is 0.827. The van der Waals surface area contributed by atoms with Gasteiger partial charge in [0.15, 0.2) is 0 Å². The molecule has 0 saturated carbocycles. The Morgan fingerprint density at radius 3 is 2.09 bits per heavy atom. The molecule has 0 aromatic rings. The first-order valence-corrected chi connectivity index (χ1v) is 5.03. The van der Waals surface area contributed by atoms with Crippen molar-refractivity contribution in [3.8, 4) is 0 Å². The topological polar surface area (TPSA) is 12.0 Å². The van der Waals surface area contributed by atoms with E-state index < -0.39 is 0 Å². The molecule has 0 fully saturated rings. The van der Waals surface area contributed by atoms with Crippen LogP contribution in [0.25, 0.3) is 0 Å². The molecule has 2 heteroatoms. The van der Waals surface area contributed by atoms with Crippen molar-refractivity contribution in [2.75, 3.05) is 13.1 Å². The highest BCUT2D eigenvalue weighted by atomic mass is 32.1. The molecular formula is C9H21NS. The molecule has 0 aliphatic carbocycles. The number of rotatable bonds is 6. The lowest BCUT2D eigenvalue weighted by molar-refractivity contribution is 0.532. The van der Waals surface area contributed by atoms with Gasteiger partial charge in [-0.3, -0.25) is 0 Å². The van der Waals surface area contributed by atoms with Gasteiger partial charge in [-0.25, -0.2) is 0 Å². The third kappa shape index (κ3) is 10.3. The Bertz CT molecular complexity index is 71.6. The summed E-state index contributed by atoms with van der Waals surface area (Å²) in [5.74, 6) is 0.816. The quantitative estimate of drug-likeness (QED) is 0.466. The van der Waals surface area contributed by atoms with Crippen molar-refractivity contribution in [2.45, 2.75) is 38.9 Å². The van der Waals surface area contributed by atoms with Gasteiger partial charge in [0, 0.05) is 5.25 Å². The van der Waals surface area contributed by atoms with Crippen molar-refractivity contribution >= 4 is 12.6 Å². The summed E-state index contributed by atoms with van der Waals surface area (Å²) >= 11 is 4.30. The molecule has 0 bridgehead atoms. The highest BCUT2D eigenvalue weighted by molar-refractivity contribution is 7.80. The minimum absolute atomic E-state index is 0.529. The Morgan fingerprint density at radius 2 is 1.64 bits per heavy atom. The van der Waals surface area contributed by atoms with E-state index in [9.17, 15) is 0 Å². The van der Waals surface area contributed by atoms with Gasteiger partial charge in [-0.1, -0.05) is 20.8 Å². The Kier molecular flexibility index (Phi) is 7.18. The van der Waals surface area contributed by atoms with Crippen LogP contribution in [0, 0.1) is 5.92 Å². The molecule has 0 radical (unpaired) electrons. The average Bonchev–Trinajstić information content (AvgIpc) is 1.85. The predicted molar refractivity (Wildman–Crippen MR) is 55.4 cm³/mol. The Hall–Kier alpha value is 0.310. The number of thiol groups is 1. The second-order valence-electron chi connectivity index (χ2n) is 3.57. The number of hydrogen-bond donors (Lipinski definition) is 2. The van der Waals surface area contributed by atoms with Crippen molar-refractivity contribution in [3.63, 3.8) is 0 Å². The van der Waals surface area contributed by atoms with E-state index >= 15 is 0 Å². The maximum Gasteiger partial charge on any atom is 0.0000480 e. The maximum atomic E-state index is 4.30. The third-order valence-electron chi connectivity index (χ3n) is 1.64. The van der Waals surface area contributed by atoms with Crippen LogP contribution in [-0.2, 0) is 0 Å². The van der Waals surface area contributed by atoms with Crippen molar-refractivity contribution < 1.29 is 0 Å².